The number of hydrogen-bond donors (Lipinski definition) is 2. The van der Waals surface area contributed by atoms with Crippen molar-refractivity contribution in [2.24, 2.45) is 0 Å². The van der Waals surface area contributed by atoms with E-state index in [-0.39, 0.29) is 10.7 Å². The van der Waals surface area contributed by atoms with Crippen LogP contribution in [0, 0.1) is 5.82 Å². The summed E-state index contributed by atoms with van der Waals surface area (Å²) in [7, 11) is 0. The molecule has 2 aromatic carbocycles. The van der Waals surface area contributed by atoms with Crippen LogP contribution in [0.15, 0.2) is 40.9 Å². The van der Waals surface area contributed by atoms with Crippen molar-refractivity contribution in [3.63, 3.8) is 0 Å². The molecule has 0 bridgehead atoms. The molecule has 2 rings (SSSR count). The van der Waals surface area contributed by atoms with E-state index in [2.05, 4.69) is 21.2 Å². The molecule has 3 N–H and O–H groups in total. The lowest BCUT2D eigenvalue weighted by molar-refractivity contribution is 0.102. The molecule has 98 valence electrons. The van der Waals surface area contributed by atoms with Crippen LogP contribution in [0.4, 0.5) is 15.8 Å². The Hall–Kier alpha value is -1.59. The Bertz CT molecular complexity index is 628. The fourth-order valence-electron chi connectivity index (χ4n) is 1.56. The molecule has 0 radical (unpaired) electrons. The summed E-state index contributed by atoms with van der Waals surface area (Å²) in [6, 6.07) is 8.69. The van der Waals surface area contributed by atoms with E-state index in [9.17, 15) is 9.18 Å². The molecule has 0 spiro atoms. The van der Waals surface area contributed by atoms with Gasteiger partial charge >= 0.3 is 0 Å². The van der Waals surface area contributed by atoms with E-state index < -0.39 is 11.7 Å². The van der Waals surface area contributed by atoms with E-state index in [1.807, 2.05) is 0 Å². The van der Waals surface area contributed by atoms with Gasteiger partial charge in [-0.25, -0.2) is 4.39 Å². The molecule has 0 saturated heterocycles. The van der Waals surface area contributed by atoms with Crippen molar-refractivity contribution >= 4 is 44.8 Å². The molecule has 1 amide bonds. The zero-order valence-corrected chi connectivity index (χ0v) is 11.9. The first-order chi connectivity index (χ1) is 8.95. The first kappa shape index (κ1) is 13.8. The minimum absolute atomic E-state index is 0.207. The molecule has 0 fully saturated rings. The van der Waals surface area contributed by atoms with Crippen molar-refractivity contribution in [3.8, 4) is 0 Å². The van der Waals surface area contributed by atoms with Crippen LogP contribution >= 0.6 is 27.5 Å². The number of benzene rings is 2. The molecule has 2 aromatic rings. The molecule has 0 heterocycles. The summed E-state index contributed by atoms with van der Waals surface area (Å²) in [6.45, 7) is 0. The molecule has 0 unspecified atom stereocenters. The van der Waals surface area contributed by atoms with Gasteiger partial charge in [-0.15, -0.1) is 0 Å². The predicted octanol–water partition coefficient (Wildman–Crippen LogP) is 4.08. The molecule has 0 aliphatic rings. The molecule has 6 heteroatoms. The van der Waals surface area contributed by atoms with E-state index in [1.165, 1.54) is 12.1 Å². The van der Waals surface area contributed by atoms with E-state index >= 15 is 0 Å². The highest BCUT2D eigenvalue weighted by Crippen LogP contribution is 2.22. The third kappa shape index (κ3) is 3.45. The lowest BCUT2D eigenvalue weighted by Gasteiger charge is -2.08. The van der Waals surface area contributed by atoms with Crippen molar-refractivity contribution < 1.29 is 9.18 Å². The second-order valence-corrected chi connectivity index (χ2v) is 5.20. The number of nitrogens with two attached hydrogens (primary N) is 1. The summed E-state index contributed by atoms with van der Waals surface area (Å²) >= 11 is 8.96. The Morgan fingerprint density at radius 2 is 2.00 bits per heavy atom. The summed E-state index contributed by atoms with van der Waals surface area (Å²) in [5, 5.41) is 2.75. The Morgan fingerprint density at radius 3 is 2.63 bits per heavy atom. The summed E-state index contributed by atoms with van der Waals surface area (Å²) in [5.41, 5.74) is 6.66. The number of anilines is 2. The van der Waals surface area contributed by atoms with E-state index in [0.29, 0.717) is 11.3 Å². The van der Waals surface area contributed by atoms with Gasteiger partial charge in [-0.05, 0) is 36.4 Å². The maximum atomic E-state index is 13.1. The van der Waals surface area contributed by atoms with Crippen molar-refractivity contribution in [2.75, 3.05) is 11.1 Å². The number of halogens is 3. The van der Waals surface area contributed by atoms with Crippen LogP contribution in [0.5, 0.6) is 0 Å². The van der Waals surface area contributed by atoms with Gasteiger partial charge in [0.15, 0.2) is 0 Å². The van der Waals surface area contributed by atoms with Crippen molar-refractivity contribution in [2.45, 2.75) is 0 Å². The third-order valence-corrected chi connectivity index (χ3v) is 3.09. The predicted molar refractivity (Wildman–Crippen MR) is 77.9 cm³/mol. The van der Waals surface area contributed by atoms with E-state index in [0.717, 1.165) is 10.5 Å². The average Bonchev–Trinajstić information content (AvgIpc) is 2.26. The highest BCUT2D eigenvalue weighted by Gasteiger charge is 2.11. The quantitative estimate of drug-likeness (QED) is 0.807. The van der Waals surface area contributed by atoms with Gasteiger partial charge in [-0.2, -0.15) is 0 Å². The molecule has 0 aromatic heterocycles. The SMILES string of the molecule is Nc1cc(Br)ccc1C(=O)Nc1cc(F)cc(Cl)c1. The van der Waals surface area contributed by atoms with Gasteiger partial charge in [0.25, 0.3) is 5.91 Å². The van der Waals surface area contributed by atoms with Gasteiger partial charge in [-0.3, -0.25) is 4.79 Å². The van der Waals surface area contributed by atoms with Crippen molar-refractivity contribution in [3.05, 3.63) is 57.3 Å². The smallest absolute Gasteiger partial charge is 0.257 e. The maximum Gasteiger partial charge on any atom is 0.257 e. The number of carbonyl (C=O) groups excluding carboxylic acids is 1. The number of nitrogen functional groups attached to an aromatic ring is 1. The lowest BCUT2D eigenvalue weighted by Crippen LogP contribution is -2.14. The van der Waals surface area contributed by atoms with Crippen LogP contribution in [0.2, 0.25) is 5.02 Å². The molecule has 0 saturated carbocycles. The van der Waals surface area contributed by atoms with Crippen LogP contribution in [-0.4, -0.2) is 5.91 Å². The van der Waals surface area contributed by atoms with Gasteiger partial charge in [0.05, 0.1) is 5.56 Å². The minimum Gasteiger partial charge on any atom is -0.398 e. The first-order valence-corrected chi connectivity index (χ1v) is 6.45. The highest BCUT2D eigenvalue weighted by molar-refractivity contribution is 9.10. The second kappa shape index (κ2) is 5.59. The monoisotopic (exact) mass is 342 g/mol. The number of amides is 1. The largest absolute Gasteiger partial charge is 0.398 e. The number of hydrogen-bond acceptors (Lipinski definition) is 2. The van der Waals surface area contributed by atoms with Crippen LogP contribution in [0.1, 0.15) is 10.4 Å². The first-order valence-electron chi connectivity index (χ1n) is 5.28. The summed E-state index contributed by atoms with van der Waals surface area (Å²) in [6.07, 6.45) is 0. The lowest BCUT2D eigenvalue weighted by atomic mass is 10.1. The normalized spacial score (nSPS) is 10.3. The van der Waals surface area contributed by atoms with E-state index in [1.54, 1.807) is 18.2 Å². The van der Waals surface area contributed by atoms with Gasteiger partial charge in [0, 0.05) is 20.9 Å². The summed E-state index contributed by atoms with van der Waals surface area (Å²) in [4.78, 5) is 12.0. The Kier molecular flexibility index (Phi) is 4.07. The number of nitrogens with one attached hydrogen (secondary N) is 1. The van der Waals surface area contributed by atoms with Crippen LogP contribution in [0.25, 0.3) is 0 Å². The molecular weight excluding hydrogens is 335 g/mol. The zero-order chi connectivity index (χ0) is 14.0. The van der Waals surface area contributed by atoms with Gasteiger partial charge in [-0.1, -0.05) is 27.5 Å². The molecule has 0 atom stereocenters. The number of rotatable bonds is 2. The van der Waals surface area contributed by atoms with Crippen molar-refractivity contribution in [1.29, 1.82) is 0 Å². The Morgan fingerprint density at radius 1 is 1.26 bits per heavy atom. The Labute approximate surface area is 122 Å². The zero-order valence-electron chi connectivity index (χ0n) is 9.58. The van der Waals surface area contributed by atoms with Crippen molar-refractivity contribution in [1.82, 2.24) is 0 Å². The van der Waals surface area contributed by atoms with Gasteiger partial charge in [0.1, 0.15) is 5.82 Å². The highest BCUT2D eigenvalue weighted by atomic mass is 79.9. The molecule has 3 nitrogen and oxygen atoms in total. The van der Waals surface area contributed by atoms with E-state index in [4.69, 9.17) is 17.3 Å². The molecule has 0 aliphatic heterocycles. The maximum absolute atomic E-state index is 13.1. The molecule has 19 heavy (non-hydrogen) atoms. The van der Waals surface area contributed by atoms with Gasteiger partial charge < -0.3 is 11.1 Å². The second-order valence-electron chi connectivity index (χ2n) is 3.84. The van der Waals surface area contributed by atoms with Crippen LogP contribution < -0.4 is 11.1 Å². The summed E-state index contributed by atoms with van der Waals surface area (Å²) in [5.74, 6) is -0.946. The minimum atomic E-state index is -0.522. The molecular formula is C13H9BrClFN2O. The molecule has 0 aliphatic carbocycles. The fraction of sp³-hybridized carbons (Fsp3) is 0. The van der Waals surface area contributed by atoms with Crippen LogP contribution in [0.3, 0.4) is 0 Å². The number of carbonyl (C=O) groups is 1. The average molecular weight is 344 g/mol. The van der Waals surface area contributed by atoms with Crippen LogP contribution in [-0.2, 0) is 0 Å². The van der Waals surface area contributed by atoms with Gasteiger partial charge in [0.2, 0.25) is 0 Å². The fourth-order valence-corrected chi connectivity index (χ4v) is 2.17. The summed E-state index contributed by atoms with van der Waals surface area (Å²) < 4.78 is 13.9. The topological polar surface area (TPSA) is 55.1 Å². The Balaban J connectivity index is 2.25. The third-order valence-electron chi connectivity index (χ3n) is 2.38. The standard InChI is InChI=1S/C13H9BrClFN2O/c14-7-1-2-11(12(17)3-7)13(19)18-10-5-8(15)4-9(16)6-10/h1-6H,17H2,(H,18,19).